The van der Waals surface area contributed by atoms with Crippen LogP contribution in [0, 0.1) is 0 Å². The zero-order chi connectivity index (χ0) is 20.1. The number of fused-ring (bicyclic) bond motifs is 1. The van der Waals surface area contributed by atoms with E-state index >= 15 is 0 Å². The highest BCUT2D eigenvalue weighted by Crippen LogP contribution is 2.07. The zero-order valence-electron chi connectivity index (χ0n) is 15.9. The molecule has 0 radical (unpaired) electrons. The van der Waals surface area contributed by atoms with Crippen molar-refractivity contribution in [2.45, 2.75) is 20.4 Å². The number of hydrogen-bond acceptors (Lipinski definition) is 5. The number of aromatic nitrogens is 2. The number of para-hydroxylation sites is 1. The van der Waals surface area contributed by atoms with Crippen LogP contribution in [0.4, 0.5) is 4.79 Å². The normalized spacial score (nSPS) is 15.1. The molecule has 2 amide bonds. The van der Waals surface area contributed by atoms with Crippen molar-refractivity contribution in [3.63, 3.8) is 0 Å². The summed E-state index contributed by atoms with van der Waals surface area (Å²) in [6.07, 6.45) is 0. The Balaban J connectivity index is 1.84. The van der Waals surface area contributed by atoms with Crippen molar-refractivity contribution in [3.8, 4) is 0 Å². The molecule has 9 nitrogen and oxygen atoms in total. The van der Waals surface area contributed by atoms with E-state index in [-0.39, 0.29) is 24.7 Å². The maximum absolute atomic E-state index is 12.3. The van der Waals surface area contributed by atoms with Gasteiger partial charge in [-0.1, -0.05) is 12.1 Å². The number of urea groups is 1. The standard InChI is InChI=1S/C19H23N5O4/c1-3-24(10-15-13(18(26)28-4-2)9-20-19(27)22-15)11-16-21-14-8-6-5-7-12(14)17(25)23-16/h5-8H,3-4,9-11H2,1-2H3,(H2,20,22,27)(H,21,23,25)/p+1. The van der Waals surface area contributed by atoms with Gasteiger partial charge >= 0.3 is 12.0 Å². The molecule has 28 heavy (non-hydrogen) atoms. The van der Waals surface area contributed by atoms with Crippen LogP contribution in [0.1, 0.15) is 19.7 Å². The second-order valence-electron chi connectivity index (χ2n) is 6.47. The summed E-state index contributed by atoms with van der Waals surface area (Å²) in [5, 5.41) is 5.85. The van der Waals surface area contributed by atoms with Gasteiger partial charge in [0.15, 0.2) is 5.82 Å². The molecule has 1 aromatic carbocycles. The second kappa shape index (κ2) is 8.66. The van der Waals surface area contributed by atoms with Crippen LogP contribution in [0.25, 0.3) is 10.9 Å². The molecule has 1 atom stereocenters. The van der Waals surface area contributed by atoms with Crippen molar-refractivity contribution < 1.29 is 19.2 Å². The first-order chi connectivity index (χ1) is 13.5. The molecule has 2 aromatic rings. The van der Waals surface area contributed by atoms with Gasteiger partial charge in [-0.3, -0.25) is 4.79 Å². The molecular formula is C19H24N5O4+. The number of benzene rings is 1. The average Bonchev–Trinajstić information content (AvgIpc) is 2.67. The number of nitrogens with one attached hydrogen (secondary N) is 4. The Labute approximate surface area is 161 Å². The minimum Gasteiger partial charge on any atom is -0.463 e. The lowest BCUT2D eigenvalue weighted by molar-refractivity contribution is -0.908. The number of rotatable bonds is 7. The van der Waals surface area contributed by atoms with Crippen LogP contribution >= 0.6 is 0 Å². The highest BCUT2D eigenvalue weighted by Gasteiger charge is 2.26. The summed E-state index contributed by atoms with van der Waals surface area (Å²) in [5.41, 5.74) is 1.39. The van der Waals surface area contributed by atoms with E-state index in [4.69, 9.17) is 4.74 Å². The van der Waals surface area contributed by atoms with Gasteiger partial charge in [-0.05, 0) is 26.0 Å². The molecule has 148 valence electrons. The molecule has 9 heteroatoms. The topological polar surface area (TPSA) is 118 Å². The van der Waals surface area contributed by atoms with E-state index in [0.29, 0.717) is 47.6 Å². The van der Waals surface area contributed by atoms with E-state index in [0.717, 1.165) is 4.90 Å². The van der Waals surface area contributed by atoms with Crippen LogP contribution in [0.15, 0.2) is 40.3 Å². The predicted molar refractivity (Wildman–Crippen MR) is 103 cm³/mol. The molecule has 1 aliphatic heterocycles. The number of H-pyrrole nitrogens is 1. The Morgan fingerprint density at radius 2 is 2.00 bits per heavy atom. The van der Waals surface area contributed by atoms with Gasteiger partial charge in [0.25, 0.3) is 5.56 Å². The first-order valence-corrected chi connectivity index (χ1v) is 9.27. The largest absolute Gasteiger partial charge is 0.463 e. The number of carbonyl (C=O) groups excluding carboxylic acids is 2. The van der Waals surface area contributed by atoms with Crippen molar-refractivity contribution in [3.05, 3.63) is 51.7 Å². The molecular weight excluding hydrogens is 362 g/mol. The molecule has 2 heterocycles. The van der Waals surface area contributed by atoms with Gasteiger partial charge in [0.05, 0.1) is 41.9 Å². The molecule has 1 aliphatic rings. The fraction of sp³-hybridized carbons (Fsp3) is 0.368. The first kappa shape index (κ1) is 19.6. The summed E-state index contributed by atoms with van der Waals surface area (Å²) in [7, 11) is 0. The third-order valence-corrected chi connectivity index (χ3v) is 4.58. The quantitative estimate of drug-likeness (QED) is 0.477. The molecule has 0 aliphatic carbocycles. The summed E-state index contributed by atoms with van der Waals surface area (Å²) in [6.45, 7) is 5.66. The summed E-state index contributed by atoms with van der Waals surface area (Å²) >= 11 is 0. The second-order valence-corrected chi connectivity index (χ2v) is 6.47. The van der Waals surface area contributed by atoms with Crippen LogP contribution in [0.2, 0.25) is 0 Å². The van der Waals surface area contributed by atoms with E-state index in [1.165, 1.54) is 0 Å². The minimum absolute atomic E-state index is 0.127. The molecule has 0 saturated heterocycles. The van der Waals surface area contributed by atoms with Crippen LogP contribution < -0.4 is 21.1 Å². The summed E-state index contributed by atoms with van der Waals surface area (Å²) in [5.74, 6) is 0.108. The van der Waals surface area contributed by atoms with E-state index in [1.54, 1.807) is 25.1 Å². The van der Waals surface area contributed by atoms with E-state index in [2.05, 4.69) is 20.6 Å². The number of hydrogen-bond donors (Lipinski definition) is 4. The van der Waals surface area contributed by atoms with Gasteiger partial charge in [0, 0.05) is 0 Å². The van der Waals surface area contributed by atoms with Crippen molar-refractivity contribution in [1.29, 1.82) is 0 Å². The van der Waals surface area contributed by atoms with Gasteiger partial charge in [0.2, 0.25) is 0 Å². The van der Waals surface area contributed by atoms with Crippen molar-refractivity contribution in [1.82, 2.24) is 20.6 Å². The number of ether oxygens (including phenoxy) is 1. The third-order valence-electron chi connectivity index (χ3n) is 4.58. The maximum Gasteiger partial charge on any atom is 0.337 e. The van der Waals surface area contributed by atoms with Gasteiger partial charge in [-0.2, -0.15) is 0 Å². The Bertz CT molecular complexity index is 982. The van der Waals surface area contributed by atoms with Gasteiger partial charge in [-0.25, -0.2) is 14.6 Å². The molecule has 4 N–H and O–H groups in total. The van der Waals surface area contributed by atoms with E-state index < -0.39 is 5.97 Å². The first-order valence-electron chi connectivity index (χ1n) is 9.27. The smallest absolute Gasteiger partial charge is 0.337 e. The van der Waals surface area contributed by atoms with Crippen LogP contribution in [0.3, 0.4) is 0 Å². The molecule has 1 aromatic heterocycles. The Morgan fingerprint density at radius 1 is 1.21 bits per heavy atom. The molecule has 0 bridgehead atoms. The highest BCUT2D eigenvalue weighted by atomic mass is 16.5. The SMILES string of the molecule is CCOC(=O)C1=C(C[NH+](CC)Cc2nc3ccccc3c(=O)[nH]2)NC(=O)NC1. The lowest BCUT2D eigenvalue weighted by Crippen LogP contribution is -3.11. The number of quaternary nitrogens is 1. The lowest BCUT2D eigenvalue weighted by atomic mass is 10.1. The van der Waals surface area contributed by atoms with Gasteiger partial charge in [0.1, 0.15) is 13.1 Å². The lowest BCUT2D eigenvalue weighted by Gasteiger charge is -2.24. The number of aromatic amines is 1. The minimum atomic E-state index is -0.447. The maximum atomic E-state index is 12.3. The highest BCUT2D eigenvalue weighted by molar-refractivity contribution is 5.93. The molecule has 0 fully saturated rings. The van der Waals surface area contributed by atoms with Crippen molar-refractivity contribution in [2.24, 2.45) is 0 Å². The Hall–Kier alpha value is -3.20. The van der Waals surface area contributed by atoms with E-state index in [9.17, 15) is 14.4 Å². The molecule has 1 unspecified atom stereocenters. The Morgan fingerprint density at radius 3 is 2.75 bits per heavy atom. The monoisotopic (exact) mass is 386 g/mol. The summed E-state index contributed by atoms with van der Waals surface area (Å²) < 4.78 is 5.09. The average molecular weight is 386 g/mol. The third kappa shape index (κ3) is 4.37. The van der Waals surface area contributed by atoms with Gasteiger partial charge < -0.3 is 25.3 Å². The predicted octanol–water partition coefficient (Wildman–Crippen LogP) is -0.542. The molecule has 3 rings (SSSR count). The van der Waals surface area contributed by atoms with Crippen LogP contribution in [-0.4, -0.2) is 48.2 Å². The van der Waals surface area contributed by atoms with Gasteiger partial charge in [-0.15, -0.1) is 0 Å². The van der Waals surface area contributed by atoms with E-state index in [1.807, 2.05) is 13.0 Å². The number of amides is 2. The van der Waals surface area contributed by atoms with Crippen LogP contribution in [-0.2, 0) is 16.1 Å². The van der Waals surface area contributed by atoms with Crippen molar-refractivity contribution in [2.75, 3.05) is 26.2 Å². The molecule has 0 saturated carbocycles. The summed E-state index contributed by atoms with van der Waals surface area (Å²) in [4.78, 5) is 44.6. The number of carbonyl (C=O) groups is 2. The van der Waals surface area contributed by atoms with Crippen molar-refractivity contribution >= 4 is 22.9 Å². The Kier molecular flexibility index (Phi) is 6.05. The van der Waals surface area contributed by atoms with Crippen LogP contribution in [0.5, 0.6) is 0 Å². The number of esters is 1. The zero-order valence-corrected chi connectivity index (χ0v) is 15.9. The number of likely N-dealkylation sites (N-methyl/N-ethyl adjacent to an activating group) is 1. The fourth-order valence-corrected chi connectivity index (χ4v) is 3.11. The number of nitrogens with zero attached hydrogens (tertiary/aromatic N) is 1. The summed E-state index contributed by atoms with van der Waals surface area (Å²) in [6, 6.07) is 6.82. The fourth-order valence-electron chi connectivity index (χ4n) is 3.11. The molecule has 0 spiro atoms.